The maximum Gasteiger partial charge on any atom is 0.296 e. The highest BCUT2D eigenvalue weighted by molar-refractivity contribution is 7.71. The van der Waals surface area contributed by atoms with Crippen LogP contribution in [0.25, 0.3) is 5.69 Å². The number of H-pyrrole nitrogens is 1. The Hall–Kier alpha value is -2.87. The minimum atomic E-state index is -0.338. The maximum atomic E-state index is 11.9. The molecule has 0 fully saturated rings. The maximum absolute atomic E-state index is 11.9. The first kappa shape index (κ1) is 14.1. The van der Waals surface area contributed by atoms with E-state index < -0.39 is 0 Å². The molecule has 0 radical (unpaired) electrons. The monoisotopic (exact) mass is 312 g/mol. The van der Waals surface area contributed by atoms with E-state index in [1.807, 2.05) is 35.0 Å². The summed E-state index contributed by atoms with van der Waals surface area (Å²) in [5.74, 6) is 0. The van der Waals surface area contributed by atoms with Gasteiger partial charge in [-0.1, -0.05) is 12.1 Å². The molecule has 2 heterocycles. The SMILES string of the molecule is Cc1n[nH]c(=S)n(/N=C/c2ccc(-n3ccnc3)cc2)c1=O. The Bertz CT molecular complexity index is 921. The average Bonchev–Trinajstić information content (AvgIpc) is 3.06. The van der Waals surface area contributed by atoms with E-state index in [2.05, 4.69) is 20.3 Å². The highest BCUT2D eigenvalue weighted by atomic mass is 32.1. The molecule has 0 aliphatic rings. The molecule has 8 heteroatoms. The largest absolute Gasteiger partial charge is 0.306 e. The Labute approximate surface area is 130 Å². The van der Waals surface area contributed by atoms with E-state index in [1.54, 1.807) is 25.7 Å². The molecule has 1 aromatic carbocycles. The van der Waals surface area contributed by atoms with Crippen molar-refractivity contribution in [2.75, 3.05) is 0 Å². The Morgan fingerprint density at radius 1 is 1.32 bits per heavy atom. The van der Waals surface area contributed by atoms with Gasteiger partial charge in [-0.05, 0) is 36.8 Å². The van der Waals surface area contributed by atoms with Crippen molar-refractivity contribution in [3.63, 3.8) is 0 Å². The summed E-state index contributed by atoms with van der Waals surface area (Å²) in [5.41, 5.74) is 1.81. The number of aromatic nitrogens is 5. The lowest BCUT2D eigenvalue weighted by atomic mass is 10.2. The highest BCUT2D eigenvalue weighted by Gasteiger charge is 2.01. The summed E-state index contributed by atoms with van der Waals surface area (Å²) in [7, 11) is 0. The zero-order valence-corrected chi connectivity index (χ0v) is 12.5. The van der Waals surface area contributed by atoms with E-state index in [0.29, 0.717) is 5.69 Å². The molecule has 1 N–H and O–H groups in total. The number of hydrogen-bond donors (Lipinski definition) is 1. The summed E-state index contributed by atoms with van der Waals surface area (Å²) >= 11 is 5.01. The van der Waals surface area contributed by atoms with E-state index in [4.69, 9.17) is 12.2 Å². The number of rotatable bonds is 3. The summed E-state index contributed by atoms with van der Waals surface area (Å²) in [6.45, 7) is 1.60. The van der Waals surface area contributed by atoms with E-state index in [1.165, 1.54) is 0 Å². The van der Waals surface area contributed by atoms with E-state index in [0.717, 1.165) is 15.9 Å². The van der Waals surface area contributed by atoms with Crippen LogP contribution in [0.4, 0.5) is 0 Å². The topological polar surface area (TPSA) is 80.9 Å². The highest BCUT2D eigenvalue weighted by Crippen LogP contribution is 2.07. The molecule has 7 nitrogen and oxygen atoms in total. The first-order valence-corrected chi connectivity index (χ1v) is 6.87. The van der Waals surface area contributed by atoms with Gasteiger partial charge in [0.1, 0.15) is 5.69 Å². The first-order chi connectivity index (χ1) is 10.6. The second-order valence-corrected chi connectivity index (χ2v) is 4.92. The van der Waals surface area contributed by atoms with Crippen molar-refractivity contribution in [1.29, 1.82) is 0 Å². The normalized spacial score (nSPS) is 11.1. The predicted octanol–water partition coefficient (Wildman–Crippen LogP) is 1.68. The molecular weight excluding hydrogens is 300 g/mol. The number of aryl methyl sites for hydroxylation is 1. The summed E-state index contributed by atoms with van der Waals surface area (Å²) in [6.07, 6.45) is 6.88. The summed E-state index contributed by atoms with van der Waals surface area (Å²) < 4.78 is 3.16. The van der Waals surface area contributed by atoms with Crippen LogP contribution in [0.2, 0.25) is 0 Å². The fourth-order valence-electron chi connectivity index (χ4n) is 1.85. The third kappa shape index (κ3) is 2.77. The molecule has 0 aliphatic heterocycles. The molecular formula is C14H12N6OS. The van der Waals surface area contributed by atoms with Gasteiger partial charge in [-0.2, -0.15) is 14.9 Å². The van der Waals surface area contributed by atoms with Crippen LogP contribution in [-0.4, -0.2) is 30.6 Å². The van der Waals surface area contributed by atoms with Gasteiger partial charge in [-0.15, -0.1) is 0 Å². The number of benzene rings is 1. The summed E-state index contributed by atoms with van der Waals surface area (Å²) in [5, 5.41) is 10.5. The van der Waals surface area contributed by atoms with Crippen molar-refractivity contribution in [3.8, 4) is 5.69 Å². The zero-order chi connectivity index (χ0) is 15.5. The molecule has 110 valence electrons. The van der Waals surface area contributed by atoms with Gasteiger partial charge in [0.25, 0.3) is 5.56 Å². The molecule has 0 amide bonds. The van der Waals surface area contributed by atoms with Gasteiger partial charge in [-0.25, -0.2) is 4.98 Å². The number of hydrogen-bond acceptors (Lipinski definition) is 5. The van der Waals surface area contributed by atoms with Crippen molar-refractivity contribution >= 4 is 18.4 Å². The number of aromatic amines is 1. The van der Waals surface area contributed by atoms with Crippen molar-refractivity contribution < 1.29 is 0 Å². The summed E-state index contributed by atoms with van der Waals surface area (Å²) in [4.78, 5) is 15.9. The van der Waals surface area contributed by atoms with Crippen molar-refractivity contribution in [2.24, 2.45) is 5.10 Å². The fraction of sp³-hybridized carbons (Fsp3) is 0.0714. The first-order valence-electron chi connectivity index (χ1n) is 6.46. The lowest BCUT2D eigenvalue weighted by Gasteiger charge is -2.02. The molecule has 0 saturated carbocycles. The van der Waals surface area contributed by atoms with Crippen molar-refractivity contribution in [1.82, 2.24) is 24.4 Å². The summed E-state index contributed by atoms with van der Waals surface area (Å²) in [6, 6.07) is 7.66. The molecule has 0 atom stereocenters. The zero-order valence-electron chi connectivity index (χ0n) is 11.7. The number of imidazole rings is 1. The number of nitrogens with one attached hydrogen (secondary N) is 1. The molecule has 0 spiro atoms. The lowest BCUT2D eigenvalue weighted by molar-refractivity contribution is 0.720. The molecule has 0 bridgehead atoms. The van der Waals surface area contributed by atoms with Gasteiger partial charge < -0.3 is 4.57 Å². The minimum absolute atomic E-state index is 0.155. The molecule has 0 saturated heterocycles. The Kier molecular flexibility index (Phi) is 3.75. The standard InChI is InChI=1S/C14H12N6OS/c1-10-13(21)20(14(22)18-17-10)16-8-11-2-4-12(5-3-11)19-7-6-15-9-19/h2-9H,1H3,(H,18,22)/b16-8+. The molecule has 0 aliphatic carbocycles. The van der Waals surface area contributed by atoms with Gasteiger partial charge in [0.05, 0.1) is 12.5 Å². The van der Waals surface area contributed by atoms with Crippen LogP contribution in [-0.2, 0) is 0 Å². The Balaban J connectivity index is 1.89. The molecule has 2 aromatic heterocycles. The van der Waals surface area contributed by atoms with Crippen molar-refractivity contribution in [2.45, 2.75) is 6.92 Å². The second kappa shape index (κ2) is 5.86. The minimum Gasteiger partial charge on any atom is -0.306 e. The van der Waals surface area contributed by atoms with Crippen LogP contribution >= 0.6 is 12.2 Å². The molecule has 22 heavy (non-hydrogen) atoms. The number of nitrogens with zero attached hydrogens (tertiary/aromatic N) is 5. The fourth-order valence-corrected chi connectivity index (χ4v) is 2.02. The van der Waals surface area contributed by atoms with Crippen molar-refractivity contribution in [3.05, 3.63) is 69.4 Å². The molecule has 3 rings (SSSR count). The van der Waals surface area contributed by atoms with Gasteiger partial charge in [0, 0.05) is 18.1 Å². The second-order valence-electron chi connectivity index (χ2n) is 4.54. The lowest BCUT2D eigenvalue weighted by Crippen LogP contribution is -2.22. The predicted molar refractivity (Wildman–Crippen MR) is 85.0 cm³/mol. The van der Waals surface area contributed by atoms with E-state index >= 15 is 0 Å². The van der Waals surface area contributed by atoms with Crippen LogP contribution in [0, 0.1) is 11.7 Å². The quantitative estimate of drug-likeness (QED) is 0.589. The molecule has 0 unspecified atom stereocenters. The van der Waals surface area contributed by atoms with Crippen LogP contribution in [0.3, 0.4) is 0 Å². The van der Waals surface area contributed by atoms with Gasteiger partial charge in [0.2, 0.25) is 4.77 Å². The Morgan fingerprint density at radius 3 is 2.77 bits per heavy atom. The van der Waals surface area contributed by atoms with E-state index in [9.17, 15) is 4.79 Å². The Morgan fingerprint density at radius 2 is 2.09 bits per heavy atom. The van der Waals surface area contributed by atoms with Gasteiger partial charge >= 0.3 is 0 Å². The average molecular weight is 312 g/mol. The van der Waals surface area contributed by atoms with Gasteiger partial charge in [0.15, 0.2) is 0 Å². The molecule has 3 aromatic rings. The van der Waals surface area contributed by atoms with E-state index in [-0.39, 0.29) is 10.3 Å². The van der Waals surface area contributed by atoms with Crippen LogP contribution in [0.5, 0.6) is 0 Å². The third-order valence-electron chi connectivity index (χ3n) is 3.03. The van der Waals surface area contributed by atoms with Crippen LogP contribution in [0.1, 0.15) is 11.3 Å². The van der Waals surface area contributed by atoms with Crippen LogP contribution in [0.15, 0.2) is 52.9 Å². The van der Waals surface area contributed by atoms with Crippen LogP contribution < -0.4 is 5.56 Å². The van der Waals surface area contributed by atoms with Gasteiger partial charge in [-0.3, -0.25) is 9.89 Å². The third-order valence-corrected chi connectivity index (χ3v) is 3.30. The smallest absolute Gasteiger partial charge is 0.296 e.